The Bertz CT molecular complexity index is 523. The van der Waals surface area contributed by atoms with E-state index in [2.05, 4.69) is 19.2 Å². The predicted octanol–water partition coefficient (Wildman–Crippen LogP) is 2.83. The monoisotopic (exact) mass is 316 g/mol. The zero-order valence-corrected chi connectivity index (χ0v) is 14.5. The Morgan fingerprint density at radius 2 is 1.95 bits per heavy atom. The van der Waals surface area contributed by atoms with Crippen molar-refractivity contribution in [1.82, 2.24) is 9.62 Å². The number of nitrogens with one attached hydrogen (secondary N) is 1. The van der Waals surface area contributed by atoms with Crippen molar-refractivity contribution in [3.8, 4) is 0 Å². The summed E-state index contributed by atoms with van der Waals surface area (Å²) in [5.74, 6) is 1.19. The second-order valence-corrected chi connectivity index (χ2v) is 7.83. The maximum Gasteiger partial charge on any atom is 0.276 e. The van der Waals surface area contributed by atoms with Crippen LogP contribution in [0.25, 0.3) is 0 Å². The number of rotatable bonds is 9. The van der Waals surface area contributed by atoms with E-state index in [1.54, 1.807) is 13.1 Å². The standard InChI is InChI=1S/C15H28N2O3S/c1-6-7-13(4)17(5)21(18,19)15-9-8-14(20-15)11-16-10-12(2)3/h8-9,12-13,16H,6-7,10-11H2,1-5H3. The molecule has 1 unspecified atom stereocenters. The van der Waals surface area contributed by atoms with Crippen molar-refractivity contribution in [2.24, 2.45) is 5.92 Å². The van der Waals surface area contributed by atoms with E-state index in [1.165, 1.54) is 10.4 Å². The maximum absolute atomic E-state index is 12.5. The van der Waals surface area contributed by atoms with E-state index in [0.717, 1.165) is 19.4 Å². The van der Waals surface area contributed by atoms with Gasteiger partial charge in [0.15, 0.2) is 0 Å². The third kappa shape index (κ3) is 5.13. The maximum atomic E-state index is 12.5. The van der Waals surface area contributed by atoms with Gasteiger partial charge in [0.2, 0.25) is 5.09 Å². The van der Waals surface area contributed by atoms with Crippen LogP contribution in [0.3, 0.4) is 0 Å². The molecule has 0 aliphatic rings. The molecule has 0 saturated heterocycles. The second kappa shape index (κ2) is 7.96. The average Bonchev–Trinajstić information content (AvgIpc) is 2.87. The van der Waals surface area contributed by atoms with E-state index in [4.69, 9.17) is 4.42 Å². The first kappa shape index (κ1) is 18.2. The van der Waals surface area contributed by atoms with Gasteiger partial charge in [-0.2, -0.15) is 4.31 Å². The Hall–Kier alpha value is -0.850. The molecule has 0 aliphatic carbocycles. The molecule has 1 N–H and O–H groups in total. The van der Waals surface area contributed by atoms with Crippen LogP contribution < -0.4 is 5.32 Å². The van der Waals surface area contributed by atoms with Gasteiger partial charge in [0.1, 0.15) is 5.76 Å². The summed E-state index contributed by atoms with van der Waals surface area (Å²) >= 11 is 0. The molecule has 0 fully saturated rings. The molecular formula is C15H28N2O3S. The minimum atomic E-state index is -3.54. The van der Waals surface area contributed by atoms with Crippen LogP contribution in [-0.2, 0) is 16.6 Å². The van der Waals surface area contributed by atoms with Gasteiger partial charge >= 0.3 is 0 Å². The molecule has 0 amide bonds. The molecule has 1 aromatic rings. The van der Waals surface area contributed by atoms with Gasteiger partial charge in [-0.1, -0.05) is 27.2 Å². The molecular weight excluding hydrogens is 288 g/mol. The summed E-state index contributed by atoms with van der Waals surface area (Å²) in [6.45, 7) is 9.61. The molecule has 0 spiro atoms. The summed E-state index contributed by atoms with van der Waals surface area (Å²) in [7, 11) is -1.94. The van der Waals surface area contributed by atoms with Crippen molar-refractivity contribution in [2.45, 2.75) is 58.2 Å². The van der Waals surface area contributed by atoms with E-state index in [1.807, 2.05) is 13.8 Å². The van der Waals surface area contributed by atoms with Crippen LogP contribution >= 0.6 is 0 Å². The molecule has 0 aliphatic heterocycles. The minimum Gasteiger partial charge on any atom is -0.447 e. The van der Waals surface area contributed by atoms with E-state index < -0.39 is 10.0 Å². The Labute approximate surface area is 128 Å². The van der Waals surface area contributed by atoms with Crippen LogP contribution in [0.1, 0.15) is 46.3 Å². The van der Waals surface area contributed by atoms with E-state index >= 15 is 0 Å². The van der Waals surface area contributed by atoms with Crippen LogP contribution in [0.2, 0.25) is 0 Å². The highest BCUT2D eigenvalue weighted by Gasteiger charge is 2.27. The molecule has 122 valence electrons. The third-order valence-corrected chi connectivity index (χ3v) is 5.30. The van der Waals surface area contributed by atoms with E-state index in [0.29, 0.717) is 18.2 Å². The fourth-order valence-electron chi connectivity index (χ4n) is 2.05. The normalized spacial score (nSPS) is 14.0. The quantitative estimate of drug-likeness (QED) is 0.761. The van der Waals surface area contributed by atoms with Gasteiger partial charge in [-0.05, 0) is 37.9 Å². The number of hydrogen-bond acceptors (Lipinski definition) is 4. The molecule has 5 nitrogen and oxygen atoms in total. The Morgan fingerprint density at radius 1 is 1.29 bits per heavy atom. The summed E-state index contributed by atoms with van der Waals surface area (Å²) in [5.41, 5.74) is 0. The molecule has 21 heavy (non-hydrogen) atoms. The largest absolute Gasteiger partial charge is 0.447 e. The zero-order chi connectivity index (χ0) is 16.0. The van der Waals surface area contributed by atoms with Gasteiger partial charge in [-0.15, -0.1) is 0 Å². The summed E-state index contributed by atoms with van der Waals surface area (Å²) < 4.78 is 31.8. The van der Waals surface area contributed by atoms with E-state index in [9.17, 15) is 8.42 Å². The first-order chi connectivity index (χ1) is 9.78. The first-order valence-electron chi connectivity index (χ1n) is 7.56. The van der Waals surface area contributed by atoms with Crippen LogP contribution in [-0.4, -0.2) is 32.4 Å². The van der Waals surface area contributed by atoms with Gasteiger partial charge < -0.3 is 9.73 Å². The van der Waals surface area contributed by atoms with Gasteiger partial charge in [0, 0.05) is 13.1 Å². The van der Waals surface area contributed by atoms with E-state index in [-0.39, 0.29) is 11.1 Å². The minimum absolute atomic E-state index is 0.0225. The summed E-state index contributed by atoms with van der Waals surface area (Å²) in [6, 6.07) is 3.22. The van der Waals surface area contributed by atoms with Crippen molar-refractivity contribution in [3.05, 3.63) is 17.9 Å². The van der Waals surface area contributed by atoms with Crippen LogP contribution in [0.5, 0.6) is 0 Å². The molecule has 1 rings (SSSR count). The zero-order valence-electron chi connectivity index (χ0n) is 13.7. The summed E-state index contributed by atoms with van der Waals surface area (Å²) in [5, 5.41) is 3.26. The highest BCUT2D eigenvalue weighted by atomic mass is 32.2. The van der Waals surface area contributed by atoms with Crippen molar-refractivity contribution >= 4 is 10.0 Å². The van der Waals surface area contributed by atoms with Crippen molar-refractivity contribution in [1.29, 1.82) is 0 Å². The number of furan rings is 1. The van der Waals surface area contributed by atoms with Crippen molar-refractivity contribution in [2.75, 3.05) is 13.6 Å². The van der Waals surface area contributed by atoms with Gasteiger partial charge in [-0.25, -0.2) is 8.42 Å². The lowest BCUT2D eigenvalue weighted by molar-refractivity contribution is 0.340. The highest BCUT2D eigenvalue weighted by Crippen LogP contribution is 2.20. The predicted molar refractivity (Wildman–Crippen MR) is 84.6 cm³/mol. The Kier molecular flexibility index (Phi) is 6.90. The smallest absolute Gasteiger partial charge is 0.276 e. The van der Waals surface area contributed by atoms with Crippen LogP contribution in [0.15, 0.2) is 21.6 Å². The molecule has 0 radical (unpaired) electrons. The summed E-state index contributed by atoms with van der Waals surface area (Å²) in [4.78, 5) is 0. The molecule has 0 aromatic carbocycles. The lowest BCUT2D eigenvalue weighted by Crippen LogP contribution is -2.34. The topological polar surface area (TPSA) is 62.6 Å². The lowest BCUT2D eigenvalue weighted by Gasteiger charge is -2.22. The number of hydrogen-bond donors (Lipinski definition) is 1. The Morgan fingerprint density at radius 3 is 2.52 bits per heavy atom. The van der Waals surface area contributed by atoms with Gasteiger partial charge in [-0.3, -0.25) is 0 Å². The number of sulfonamides is 1. The lowest BCUT2D eigenvalue weighted by atomic mass is 10.2. The fraction of sp³-hybridized carbons (Fsp3) is 0.733. The molecule has 0 saturated carbocycles. The SMILES string of the molecule is CCCC(C)N(C)S(=O)(=O)c1ccc(CNCC(C)C)o1. The Balaban J connectivity index is 2.74. The average molecular weight is 316 g/mol. The van der Waals surface area contributed by atoms with Crippen LogP contribution in [0, 0.1) is 5.92 Å². The van der Waals surface area contributed by atoms with Crippen molar-refractivity contribution < 1.29 is 12.8 Å². The number of nitrogens with zero attached hydrogens (tertiary/aromatic N) is 1. The van der Waals surface area contributed by atoms with Gasteiger partial charge in [0.25, 0.3) is 10.0 Å². The van der Waals surface area contributed by atoms with Crippen molar-refractivity contribution in [3.63, 3.8) is 0 Å². The molecule has 6 heteroatoms. The fourth-order valence-corrected chi connectivity index (χ4v) is 3.37. The highest BCUT2D eigenvalue weighted by molar-refractivity contribution is 7.89. The van der Waals surface area contributed by atoms with Crippen LogP contribution in [0.4, 0.5) is 0 Å². The molecule has 1 atom stereocenters. The second-order valence-electron chi connectivity index (χ2n) is 5.90. The molecule has 1 aromatic heterocycles. The molecule has 0 bridgehead atoms. The first-order valence-corrected chi connectivity index (χ1v) is 9.00. The molecule has 1 heterocycles. The summed E-state index contributed by atoms with van der Waals surface area (Å²) in [6.07, 6.45) is 1.78. The van der Waals surface area contributed by atoms with Gasteiger partial charge in [0.05, 0.1) is 6.54 Å². The third-order valence-electron chi connectivity index (χ3n) is 3.45.